The van der Waals surface area contributed by atoms with E-state index in [0.717, 1.165) is 69.0 Å². The van der Waals surface area contributed by atoms with Crippen molar-refractivity contribution in [2.75, 3.05) is 39.4 Å². The summed E-state index contributed by atoms with van der Waals surface area (Å²) in [5, 5.41) is 12.5. The minimum atomic E-state index is 0.120. The summed E-state index contributed by atoms with van der Waals surface area (Å²) in [4.78, 5) is 14.4. The van der Waals surface area contributed by atoms with Crippen LogP contribution in [0.2, 0.25) is 0 Å². The molecule has 0 atom stereocenters. The molecular weight excluding hydrogens is 416 g/mol. The van der Waals surface area contributed by atoms with Crippen LogP contribution in [0.15, 0.2) is 36.4 Å². The Balaban J connectivity index is 0.00000187. The zero-order valence-corrected chi connectivity index (χ0v) is 20.7. The quantitative estimate of drug-likeness (QED) is 0.500. The van der Waals surface area contributed by atoms with Gasteiger partial charge in [-0.1, -0.05) is 32.9 Å². The topological polar surface area (TPSA) is 71.0 Å². The van der Waals surface area contributed by atoms with Crippen LogP contribution in [0.4, 0.5) is 0 Å². The summed E-state index contributed by atoms with van der Waals surface area (Å²) >= 11 is 0. The largest absolute Gasteiger partial charge is 0.508 e. The summed E-state index contributed by atoms with van der Waals surface area (Å²) in [6.45, 7) is 13.0. The van der Waals surface area contributed by atoms with Crippen LogP contribution >= 0.6 is 0 Å². The average molecular weight is 457 g/mol. The van der Waals surface area contributed by atoms with Crippen molar-refractivity contribution in [2.24, 2.45) is 0 Å². The van der Waals surface area contributed by atoms with Gasteiger partial charge in [0, 0.05) is 32.6 Å². The molecule has 182 valence electrons. The summed E-state index contributed by atoms with van der Waals surface area (Å²) in [6, 6.07) is 11.1. The fraction of sp³-hybridized carbons (Fsp3) is 0.519. The Hall–Kier alpha value is -2.57. The number of hydrogen-bond donors (Lipinski definition) is 2. The predicted octanol–water partition coefficient (Wildman–Crippen LogP) is 4.85. The van der Waals surface area contributed by atoms with E-state index in [9.17, 15) is 9.90 Å². The van der Waals surface area contributed by atoms with Crippen molar-refractivity contribution in [3.8, 4) is 17.2 Å². The van der Waals surface area contributed by atoms with Gasteiger partial charge in [-0.15, -0.1) is 0 Å². The molecule has 0 saturated carbocycles. The second-order valence-electron chi connectivity index (χ2n) is 8.01. The van der Waals surface area contributed by atoms with Crippen LogP contribution in [-0.2, 0) is 22.4 Å². The van der Waals surface area contributed by atoms with Crippen LogP contribution in [0.3, 0.4) is 0 Å². The molecule has 1 aliphatic heterocycles. The Kier molecular flexibility index (Phi) is 11.8. The van der Waals surface area contributed by atoms with Crippen molar-refractivity contribution >= 4 is 5.91 Å². The van der Waals surface area contributed by atoms with Gasteiger partial charge >= 0.3 is 0 Å². The minimum absolute atomic E-state index is 0.120. The molecule has 0 aromatic heterocycles. The fourth-order valence-corrected chi connectivity index (χ4v) is 3.81. The van der Waals surface area contributed by atoms with Gasteiger partial charge in [0.1, 0.15) is 17.2 Å². The first-order valence-corrected chi connectivity index (χ1v) is 12.2. The second kappa shape index (κ2) is 14.6. The Morgan fingerprint density at radius 3 is 2.52 bits per heavy atom. The van der Waals surface area contributed by atoms with E-state index < -0.39 is 0 Å². The summed E-state index contributed by atoms with van der Waals surface area (Å²) in [5.41, 5.74) is 3.52. The zero-order chi connectivity index (χ0) is 24.1. The molecular formula is C27H40N2O4. The van der Waals surface area contributed by atoms with E-state index in [1.165, 1.54) is 5.56 Å². The number of carbonyl (C=O) groups is 1. The van der Waals surface area contributed by atoms with Crippen LogP contribution in [0, 0.1) is 6.92 Å². The molecule has 0 bridgehead atoms. The van der Waals surface area contributed by atoms with E-state index in [-0.39, 0.29) is 11.7 Å². The fourth-order valence-electron chi connectivity index (χ4n) is 3.81. The van der Waals surface area contributed by atoms with Gasteiger partial charge in [-0.05, 0) is 67.1 Å². The number of phenols is 1. The lowest BCUT2D eigenvalue weighted by Crippen LogP contribution is -2.38. The van der Waals surface area contributed by atoms with Gasteiger partial charge in [-0.25, -0.2) is 0 Å². The monoisotopic (exact) mass is 456 g/mol. The van der Waals surface area contributed by atoms with Crippen molar-refractivity contribution < 1.29 is 19.4 Å². The molecule has 3 rings (SSSR count). The third-order valence-corrected chi connectivity index (χ3v) is 5.57. The van der Waals surface area contributed by atoms with E-state index in [4.69, 9.17) is 9.47 Å². The molecule has 0 radical (unpaired) electrons. The lowest BCUT2D eigenvalue weighted by Gasteiger charge is -2.26. The molecule has 1 heterocycles. The third kappa shape index (κ3) is 9.06. The maximum atomic E-state index is 12.1. The molecule has 33 heavy (non-hydrogen) atoms. The highest BCUT2D eigenvalue weighted by Crippen LogP contribution is 2.31. The molecule has 2 aromatic rings. The summed E-state index contributed by atoms with van der Waals surface area (Å²) in [6.07, 6.45) is 3.24. The molecule has 1 fully saturated rings. The Labute approximate surface area is 198 Å². The predicted molar refractivity (Wildman–Crippen MR) is 133 cm³/mol. The van der Waals surface area contributed by atoms with E-state index in [1.54, 1.807) is 24.3 Å². The molecule has 6 heteroatoms. The van der Waals surface area contributed by atoms with Crippen molar-refractivity contribution in [3.63, 3.8) is 0 Å². The normalized spacial score (nSPS) is 13.7. The van der Waals surface area contributed by atoms with Gasteiger partial charge < -0.3 is 19.9 Å². The number of nitrogens with one attached hydrogen (secondary N) is 1. The number of phenolic OH excluding ortho intramolecular Hbond substituents is 1. The number of carbonyl (C=O) groups excluding carboxylic acids is 1. The molecule has 0 aliphatic carbocycles. The van der Waals surface area contributed by atoms with E-state index >= 15 is 0 Å². The number of nitrogens with zero attached hydrogens (tertiary/aromatic N) is 1. The van der Waals surface area contributed by atoms with Crippen molar-refractivity contribution in [2.45, 2.75) is 53.4 Å². The summed E-state index contributed by atoms with van der Waals surface area (Å²) in [7, 11) is 0. The highest BCUT2D eigenvalue weighted by Gasteiger charge is 2.12. The van der Waals surface area contributed by atoms with Crippen molar-refractivity contribution in [1.29, 1.82) is 0 Å². The van der Waals surface area contributed by atoms with Crippen LogP contribution in [0.1, 0.15) is 50.3 Å². The molecule has 6 nitrogen and oxygen atoms in total. The van der Waals surface area contributed by atoms with Crippen molar-refractivity contribution in [1.82, 2.24) is 10.2 Å². The van der Waals surface area contributed by atoms with Crippen LogP contribution in [0.25, 0.3) is 0 Å². The SMILES string of the molecule is CC.CCc1cc(CCCNC(=O)CCN2CCOCC2)cc(C)c1Oc1ccc(O)cc1. The van der Waals surface area contributed by atoms with E-state index in [2.05, 4.69) is 36.2 Å². The van der Waals surface area contributed by atoms with E-state index in [1.807, 2.05) is 13.8 Å². The first-order valence-electron chi connectivity index (χ1n) is 12.2. The van der Waals surface area contributed by atoms with Gasteiger partial charge in [-0.2, -0.15) is 0 Å². The molecule has 1 amide bonds. The van der Waals surface area contributed by atoms with E-state index in [0.29, 0.717) is 18.7 Å². The minimum Gasteiger partial charge on any atom is -0.508 e. The average Bonchev–Trinajstić information content (AvgIpc) is 2.85. The van der Waals surface area contributed by atoms with Crippen LogP contribution in [0.5, 0.6) is 17.2 Å². The van der Waals surface area contributed by atoms with Gasteiger partial charge in [0.05, 0.1) is 13.2 Å². The number of rotatable bonds is 10. The van der Waals surface area contributed by atoms with Gasteiger partial charge in [-0.3, -0.25) is 9.69 Å². The van der Waals surface area contributed by atoms with Crippen LogP contribution < -0.4 is 10.1 Å². The molecule has 1 aliphatic rings. The lowest BCUT2D eigenvalue weighted by molar-refractivity contribution is -0.121. The number of aromatic hydroxyl groups is 1. The maximum Gasteiger partial charge on any atom is 0.221 e. The number of morpholine rings is 1. The van der Waals surface area contributed by atoms with Crippen molar-refractivity contribution in [3.05, 3.63) is 53.1 Å². The first kappa shape index (κ1) is 26.7. The molecule has 0 spiro atoms. The summed E-state index contributed by atoms with van der Waals surface area (Å²) in [5.74, 6) is 1.94. The molecule has 2 aromatic carbocycles. The third-order valence-electron chi connectivity index (χ3n) is 5.57. The molecule has 1 saturated heterocycles. The first-order chi connectivity index (χ1) is 16.0. The number of amides is 1. The molecule has 2 N–H and O–H groups in total. The van der Waals surface area contributed by atoms with Gasteiger partial charge in [0.2, 0.25) is 5.91 Å². The highest BCUT2D eigenvalue weighted by molar-refractivity contribution is 5.76. The highest BCUT2D eigenvalue weighted by atomic mass is 16.5. The van der Waals surface area contributed by atoms with Gasteiger partial charge in [0.15, 0.2) is 0 Å². The maximum absolute atomic E-state index is 12.1. The summed E-state index contributed by atoms with van der Waals surface area (Å²) < 4.78 is 11.4. The van der Waals surface area contributed by atoms with Gasteiger partial charge in [0.25, 0.3) is 0 Å². The number of benzene rings is 2. The zero-order valence-electron chi connectivity index (χ0n) is 20.7. The molecule has 0 unspecified atom stereocenters. The Morgan fingerprint density at radius 2 is 1.85 bits per heavy atom. The number of ether oxygens (including phenoxy) is 2. The number of aryl methyl sites for hydroxylation is 3. The standard InChI is InChI=1S/C25H34N2O4.C2H6/c1-3-21-18-20(17-19(2)25(21)31-23-8-6-22(28)7-9-23)5-4-11-26-24(29)10-12-27-13-15-30-16-14-27;1-2/h6-9,17-18,28H,3-5,10-16H2,1-2H3,(H,26,29);1-2H3. The van der Waals surface area contributed by atoms with Crippen LogP contribution in [-0.4, -0.2) is 55.3 Å². The Morgan fingerprint density at radius 1 is 1.15 bits per heavy atom. The smallest absolute Gasteiger partial charge is 0.221 e. The number of hydrogen-bond acceptors (Lipinski definition) is 5. The second-order valence-corrected chi connectivity index (χ2v) is 8.01. The lowest BCUT2D eigenvalue weighted by atomic mass is 10.00. The Bertz CT molecular complexity index is 846.